The van der Waals surface area contributed by atoms with Crippen molar-refractivity contribution in [3.05, 3.63) is 29.8 Å². The molecule has 1 atom stereocenters. The van der Waals surface area contributed by atoms with E-state index in [1.54, 1.807) is 0 Å². The van der Waals surface area contributed by atoms with Gasteiger partial charge in [-0.15, -0.1) is 0 Å². The monoisotopic (exact) mass is 193 g/mol. The second-order valence-electron chi connectivity index (χ2n) is 3.44. The van der Waals surface area contributed by atoms with Crippen molar-refractivity contribution in [3.8, 4) is 5.75 Å². The molecule has 2 N–H and O–H groups in total. The molecule has 0 radical (unpaired) electrons. The van der Waals surface area contributed by atoms with Gasteiger partial charge in [0.15, 0.2) is 0 Å². The van der Waals surface area contributed by atoms with Crippen molar-refractivity contribution in [2.24, 2.45) is 5.73 Å². The van der Waals surface area contributed by atoms with Gasteiger partial charge in [-0.2, -0.15) is 0 Å². The van der Waals surface area contributed by atoms with Gasteiger partial charge in [0.2, 0.25) is 0 Å². The van der Waals surface area contributed by atoms with E-state index in [1.165, 1.54) is 0 Å². The molecule has 1 aromatic carbocycles. The van der Waals surface area contributed by atoms with Crippen molar-refractivity contribution >= 4 is 0 Å². The summed E-state index contributed by atoms with van der Waals surface area (Å²) in [4.78, 5) is 0. The summed E-state index contributed by atoms with van der Waals surface area (Å²) in [6.45, 7) is 4.96. The van der Waals surface area contributed by atoms with Gasteiger partial charge in [0.05, 0.1) is 6.61 Å². The van der Waals surface area contributed by atoms with E-state index >= 15 is 0 Å². The van der Waals surface area contributed by atoms with E-state index in [0.717, 1.165) is 30.8 Å². The molecule has 1 aromatic rings. The van der Waals surface area contributed by atoms with Gasteiger partial charge in [-0.1, -0.05) is 26.0 Å². The molecule has 0 saturated heterocycles. The Kier molecular flexibility index (Phi) is 4.47. The molecule has 78 valence electrons. The maximum atomic E-state index is 5.94. The zero-order valence-corrected chi connectivity index (χ0v) is 8.99. The van der Waals surface area contributed by atoms with E-state index in [-0.39, 0.29) is 6.04 Å². The molecular formula is C12H19NO. The van der Waals surface area contributed by atoms with E-state index in [1.807, 2.05) is 24.3 Å². The van der Waals surface area contributed by atoms with Crippen LogP contribution in [-0.2, 0) is 0 Å². The molecule has 0 aromatic heterocycles. The maximum absolute atomic E-state index is 5.94. The van der Waals surface area contributed by atoms with Crippen LogP contribution in [0.15, 0.2) is 24.3 Å². The molecule has 0 spiro atoms. The van der Waals surface area contributed by atoms with Gasteiger partial charge in [-0.05, 0) is 30.5 Å². The fraction of sp³-hybridized carbons (Fsp3) is 0.500. The molecule has 1 rings (SSSR count). The Hall–Kier alpha value is -1.02. The highest BCUT2D eigenvalue weighted by molar-refractivity contribution is 5.30. The first-order chi connectivity index (χ1) is 6.77. The summed E-state index contributed by atoms with van der Waals surface area (Å²) < 4.78 is 5.53. The van der Waals surface area contributed by atoms with Crippen molar-refractivity contribution in [1.29, 1.82) is 0 Å². The molecule has 0 aliphatic carbocycles. The highest BCUT2D eigenvalue weighted by atomic mass is 16.5. The Morgan fingerprint density at radius 3 is 2.79 bits per heavy atom. The van der Waals surface area contributed by atoms with Gasteiger partial charge in [0, 0.05) is 6.04 Å². The fourth-order valence-corrected chi connectivity index (χ4v) is 1.29. The smallest absolute Gasteiger partial charge is 0.119 e. The standard InChI is InChI=1S/C12H19NO/c1-3-8-14-11-7-5-6-10(9-11)12(13)4-2/h5-7,9,12H,3-4,8,13H2,1-2H3. The lowest BCUT2D eigenvalue weighted by atomic mass is 10.1. The average Bonchev–Trinajstić information content (AvgIpc) is 2.25. The Labute approximate surface area is 86.1 Å². The first kappa shape index (κ1) is 11.1. The van der Waals surface area contributed by atoms with Gasteiger partial charge >= 0.3 is 0 Å². The number of hydrogen-bond donors (Lipinski definition) is 1. The highest BCUT2D eigenvalue weighted by Gasteiger charge is 2.03. The lowest BCUT2D eigenvalue weighted by Crippen LogP contribution is -2.08. The minimum absolute atomic E-state index is 0.125. The van der Waals surface area contributed by atoms with E-state index in [4.69, 9.17) is 10.5 Å². The van der Waals surface area contributed by atoms with Gasteiger partial charge in [-0.3, -0.25) is 0 Å². The fourth-order valence-electron chi connectivity index (χ4n) is 1.29. The van der Waals surface area contributed by atoms with Crippen LogP contribution >= 0.6 is 0 Å². The third-order valence-electron chi connectivity index (χ3n) is 2.20. The van der Waals surface area contributed by atoms with E-state index < -0.39 is 0 Å². The lowest BCUT2D eigenvalue weighted by Gasteiger charge is -2.11. The van der Waals surface area contributed by atoms with Crippen LogP contribution < -0.4 is 10.5 Å². The molecule has 2 heteroatoms. The third-order valence-corrected chi connectivity index (χ3v) is 2.20. The molecule has 0 bridgehead atoms. The third kappa shape index (κ3) is 3.04. The summed E-state index contributed by atoms with van der Waals surface area (Å²) in [6.07, 6.45) is 1.99. The van der Waals surface area contributed by atoms with Crippen LogP contribution in [0.4, 0.5) is 0 Å². The maximum Gasteiger partial charge on any atom is 0.119 e. The van der Waals surface area contributed by atoms with Crippen molar-refractivity contribution in [2.75, 3.05) is 6.61 Å². The first-order valence-electron chi connectivity index (χ1n) is 5.26. The van der Waals surface area contributed by atoms with Crippen molar-refractivity contribution in [2.45, 2.75) is 32.7 Å². The highest BCUT2D eigenvalue weighted by Crippen LogP contribution is 2.19. The number of rotatable bonds is 5. The first-order valence-corrected chi connectivity index (χ1v) is 5.26. The molecule has 0 aliphatic heterocycles. The summed E-state index contributed by atoms with van der Waals surface area (Å²) in [5.41, 5.74) is 7.09. The van der Waals surface area contributed by atoms with Crippen LogP contribution in [0, 0.1) is 0 Å². The van der Waals surface area contributed by atoms with E-state index in [9.17, 15) is 0 Å². The largest absolute Gasteiger partial charge is 0.494 e. The topological polar surface area (TPSA) is 35.2 Å². The molecule has 0 heterocycles. The van der Waals surface area contributed by atoms with Gasteiger partial charge in [0.1, 0.15) is 5.75 Å². The molecule has 0 aliphatic rings. The number of ether oxygens (including phenoxy) is 1. The second kappa shape index (κ2) is 5.66. The Morgan fingerprint density at radius 2 is 2.14 bits per heavy atom. The van der Waals surface area contributed by atoms with Crippen LogP contribution in [0.3, 0.4) is 0 Å². The number of benzene rings is 1. The molecule has 0 fully saturated rings. The summed E-state index contributed by atoms with van der Waals surface area (Å²) in [5.74, 6) is 0.924. The summed E-state index contributed by atoms with van der Waals surface area (Å²) >= 11 is 0. The summed E-state index contributed by atoms with van der Waals surface area (Å²) in [6, 6.07) is 8.17. The normalized spacial score (nSPS) is 12.5. The van der Waals surface area contributed by atoms with Crippen molar-refractivity contribution in [1.82, 2.24) is 0 Å². The number of hydrogen-bond acceptors (Lipinski definition) is 2. The molecule has 2 nitrogen and oxygen atoms in total. The van der Waals surface area contributed by atoms with E-state index in [2.05, 4.69) is 13.8 Å². The van der Waals surface area contributed by atoms with Gasteiger partial charge in [0.25, 0.3) is 0 Å². The van der Waals surface area contributed by atoms with Crippen LogP contribution in [-0.4, -0.2) is 6.61 Å². The van der Waals surface area contributed by atoms with Gasteiger partial charge in [-0.25, -0.2) is 0 Å². The molecule has 0 amide bonds. The van der Waals surface area contributed by atoms with Crippen LogP contribution in [0.5, 0.6) is 5.75 Å². The number of nitrogens with two attached hydrogens (primary N) is 1. The Bertz CT molecular complexity index is 273. The van der Waals surface area contributed by atoms with Crippen LogP contribution in [0.2, 0.25) is 0 Å². The second-order valence-corrected chi connectivity index (χ2v) is 3.44. The van der Waals surface area contributed by atoms with E-state index in [0.29, 0.717) is 0 Å². The van der Waals surface area contributed by atoms with Crippen molar-refractivity contribution in [3.63, 3.8) is 0 Å². The van der Waals surface area contributed by atoms with Crippen molar-refractivity contribution < 1.29 is 4.74 Å². The predicted molar refractivity (Wildman–Crippen MR) is 59.4 cm³/mol. The predicted octanol–water partition coefficient (Wildman–Crippen LogP) is 2.89. The molecule has 1 unspecified atom stereocenters. The van der Waals surface area contributed by atoms with Gasteiger partial charge < -0.3 is 10.5 Å². The summed E-state index contributed by atoms with van der Waals surface area (Å²) in [5, 5.41) is 0. The molecule has 0 saturated carbocycles. The summed E-state index contributed by atoms with van der Waals surface area (Å²) in [7, 11) is 0. The molecule has 14 heavy (non-hydrogen) atoms. The lowest BCUT2D eigenvalue weighted by molar-refractivity contribution is 0.317. The zero-order valence-electron chi connectivity index (χ0n) is 8.99. The minimum atomic E-state index is 0.125. The Morgan fingerprint density at radius 1 is 1.36 bits per heavy atom. The quantitative estimate of drug-likeness (QED) is 0.780. The minimum Gasteiger partial charge on any atom is -0.494 e. The zero-order chi connectivity index (χ0) is 10.4. The van der Waals surface area contributed by atoms with Crippen LogP contribution in [0.25, 0.3) is 0 Å². The SMILES string of the molecule is CCCOc1cccc(C(N)CC)c1. The molecular weight excluding hydrogens is 174 g/mol. The van der Waals surface area contributed by atoms with Crippen LogP contribution in [0.1, 0.15) is 38.3 Å². The average molecular weight is 193 g/mol. The Balaban J connectivity index is 2.68.